The van der Waals surface area contributed by atoms with E-state index in [1.807, 2.05) is 0 Å². The van der Waals surface area contributed by atoms with Gasteiger partial charge < -0.3 is 10.1 Å². The first kappa shape index (κ1) is 29.7. The Balaban J connectivity index is 1.37. The van der Waals surface area contributed by atoms with Gasteiger partial charge in [-0.3, -0.25) is 23.7 Å². The molecule has 0 saturated carbocycles. The molecule has 226 valence electrons. The third-order valence-corrected chi connectivity index (χ3v) is 10.9. The number of halogens is 1. The Morgan fingerprint density at radius 2 is 1.64 bits per heavy atom. The molecular formula is C29H23FN4O7S3. The third-order valence-electron chi connectivity index (χ3n) is 7.38. The van der Waals surface area contributed by atoms with Gasteiger partial charge in [-0.25, -0.2) is 22.8 Å². The second kappa shape index (κ2) is 11.3. The number of benzene rings is 3. The van der Waals surface area contributed by atoms with E-state index in [0.29, 0.717) is 21.2 Å². The lowest BCUT2D eigenvalue weighted by atomic mass is 9.83. The summed E-state index contributed by atoms with van der Waals surface area (Å²) in [5, 5.41) is 7.23. The monoisotopic (exact) mass is 654 g/mol. The molecule has 4 aromatic rings. The van der Waals surface area contributed by atoms with Crippen LogP contribution in [-0.2, 0) is 31.0 Å². The van der Waals surface area contributed by atoms with Crippen molar-refractivity contribution in [1.82, 2.24) is 4.57 Å². The van der Waals surface area contributed by atoms with Crippen LogP contribution in [0.1, 0.15) is 16.4 Å². The maximum atomic E-state index is 13.9. The van der Waals surface area contributed by atoms with Gasteiger partial charge in [0, 0.05) is 16.5 Å². The minimum Gasteiger partial charge on any atom is -0.497 e. The second-order valence-electron chi connectivity index (χ2n) is 10.0. The van der Waals surface area contributed by atoms with E-state index >= 15 is 0 Å². The van der Waals surface area contributed by atoms with E-state index in [9.17, 15) is 32.0 Å². The zero-order valence-electron chi connectivity index (χ0n) is 22.8. The molecule has 1 aromatic heterocycles. The van der Waals surface area contributed by atoms with Gasteiger partial charge in [0.05, 0.1) is 28.6 Å². The van der Waals surface area contributed by atoms with Crippen LogP contribution < -0.4 is 25.0 Å². The first-order chi connectivity index (χ1) is 21.0. The number of amides is 3. The Morgan fingerprint density at radius 1 is 0.977 bits per heavy atom. The van der Waals surface area contributed by atoms with Gasteiger partial charge in [0.1, 0.15) is 23.4 Å². The number of thiazole rings is 1. The summed E-state index contributed by atoms with van der Waals surface area (Å²) < 4.78 is 43.2. The fourth-order valence-corrected chi connectivity index (χ4v) is 8.63. The van der Waals surface area contributed by atoms with Gasteiger partial charge in [-0.15, -0.1) is 0 Å². The normalized spacial score (nSPS) is 19.4. The molecule has 11 nitrogen and oxygen atoms in total. The Bertz CT molecular complexity index is 1960. The minimum absolute atomic E-state index is 0.125. The zero-order chi connectivity index (χ0) is 31.3. The Labute approximate surface area is 258 Å². The van der Waals surface area contributed by atoms with Gasteiger partial charge in [-0.2, -0.15) is 0 Å². The summed E-state index contributed by atoms with van der Waals surface area (Å²) in [7, 11) is -2.40. The third kappa shape index (κ3) is 5.32. The number of carbonyl (C=O) groups is 3. The lowest BCUT2D eigenvalue weighted by Crippen LogP contribution is -2.33. The predicted octanol–water partition coefficient (Wildman–Crippen LogP) is 3.14. The van der Waals surface area contributed by atoms with E-state index < -0.39 is 62.1 Å². The highest BCUT2D eigenvalue weighted by Gasteiger charge is 2.56. The summed E-state index contributed by atoms with van der Waals surface area (Å²) in [6, 6.07) is 17.3. The summed E-state index contributed by atoms with van der Waals surface area (Å²) in [6.45, 7) is -0.398. The molecule has 0 aliphatic carbocycles. The SMILES string of the molecule is COc1ccc(C2c3sc(=O)n(CC(=O)Nc4ccc(S(N)(=O)=O)cc4)c3SC3C(=O)N(c4ccc(F)cc4)C(=O)C32)cc1. The maximum absolute atomic E-state index is 13.9. The predicted molar refractivity (Wildman–Crippen MR) is 162 cm³/mol. The average molecular weight is 655 g/mol. The molecule has 1 fully saturated rings. The van der Waals surface area contributed by atoms with Crippen molar-refractivity contribution in [3.8, 4) is 5.75 Å². The number of imide groups is 1. The number of methoxy groups -OCH3 is 1. The number of anilines is 2. The first-order valence-corrected chi connectivity index (χ1v) is 16.3. The van der Waals surface area contributed by atoms with E-state index in [4.69, 9.17) is 9.88 Å². The Hall–Kier alpha value is -4.31. The van der Waals surface area contributed by atoms with Crippen molar-refractivity contribution in [2.75, 3.05) is 17.3 Å². The molecule has 1 saturated heterocycles. The number of nitrogens with two attached hydrogens (primary N) is 1. The molecule has 2 aliphatic heterocycles. The number of rotatable bonds is 7. The standard InChI is InChI=1S/C29H23FN4O7S3/c1-41-19-10-2-15(3-11-19)22-23-24(27(37)34(26(23)36)18-8-4-16(30)5-9-18)42-28-25(22)43-29(38)33(28)14-21(35)32-17-6-12-20(13-7-17)44(31,39)40/h2-13,22-24H,14H2,1H3,(H,32,35)(H2,31,39,40). The number of ether oxygens (including phenoxy) is 1. The van der Waals surface area contributed by atoms with Gasteiger partial charge in [0.2, 0.25) is 27.7 Å². The van der Waals surface area contributed by atoms with Crippen LogP contribution in [0.25, 0.3) is 0 Å². The first-order valence-electron chi connectivity index (χ1n) is 13.1. The van der Waals surface area contributed by atoms with E-state index in [1.54, 1.807) is 24.3 Å². The molecule has 44 heavy (non-hydrogen) atoms. The smallest absolute Gasteiger partial charge is 0.308 e. The molecule has 2 aliphatic rings. The molecule has 3 heterocycles. The molecule has 3 aromatic carbocycles. The number of nitrogens with zero attached hydrogens (tertiary/aromatic N) is 2. The fraction of sp³-hybridized carbons (Fsp3) is 0.172. The Morgan fingerprint density at radius 3 is 2.25 bits per heavy atom. The van der Waals surface area contributed by atoms with Crippen LogP contribution in [0.15, 0.2) is 87.5 Å². The molecule has 6 rings (SSSR count). The summed E-state index contributed by atoms with van der Waals surface area (Å²) in [4.78, 5) is 55.0. The van der Waals surface area contributed by atoms with Gasteiger partial charge in [0.25, 0.3) is 0 Å². The average Bonchev–Trinajstić information content (AvgIpc) is 3.43. The quantitative estimate of drug-likeness (QED) is 0.288. The zero-order valence-corrected chi connectivity index (χ0v) is 25.2. The number of carbonyl (C=O) groups excluding carboxylic acids is 3. The molecule has 15 heteroatoms. The molecule has 0 spiro atoms. The number of sulfonamides is 1. The summed E-state index contributed by atoms with van der Waals surface area (Å²) in [5.74, 6) is -3.03. The highest BCUT2D eigenvalue weighted by molar-refractivity contribution is 8.00. The molecular weight excluding hydrogens is 632 g/mol. The number of thioether (sulfide) groups is 1. The molecule has 3 amide bonds. The lowest BCUT2D eigenvalue weighted by Gasteiger charge is -2.30. The summed E-state index contributed by atoms with van der Waals surface area (Å²) in [6.07, 6.45) is 0. The van der Waals surface area contributed by atoms with Crippen LogP contribution in [0.5, 0.6) is 5.75 Å². The van der Waals surface area contributed by atoms with Crippen molar-refractivity contribution in [2.45, 2.75) is 27.6 Å². The van der Waals surface area contributed by atoms with Crippen LogP contribution in [0, 0.1) is 11.7 Å². The van der Waals surface area contributed by atoms with Crippen molar-refractivity contribution in [3.05, 3.63) is 98.7 Å². The van der Waals surface area contributed by atoms with Crippen LogP contribution in [0.3, 0.4) is 0 Å². The van der Waals surface area contributed by atoms with E-state index in [0.717, 1.165) is 28.0 Å². The van der Waals surface area contributed by atoms with Crippen LogP contribution in [0.2, 0.25) is 0 Å². The largest absolute Gasteiger partial charge is 0.497 e. The van der Waals surface area contributed by atoms with Crippen molar-refractivity contribution >= 4 is 62.2 Å². The van der Waals surface area contributed by atoms with Crippen molar-refractivity contribution in [3.63, 3.8) is 0 Å². The van der Waals surface area contributed by atoms with Gasteiger partial charge >= 0.3 is 4.87 Å². The number of primary sulfonamides is 1. The molecule has 3 unspecified atom stereocenters. The van der Waals surface area contributed by atoms with Crippen LogP contribution in [-0.4, -0.2) is 43.1 Å². The summed E-state index contributed by atoms with van der Waals surface area (Å²) >= 11 is 1.95. The highest BCUT2D eigenvalue weighted by Crippen LogP contribution is 2.54. The van der Waals surface area contributed by atoms with E-state index in [-0.39, 0.29) is 16.3 Å². The highest BCUT2D eigenvalue weighted by atomic mass is 32.2. The van der Waals surface area contributed by atoms with Crippen molar-refractivity contribution < 1.29 is 31.9 Å². The van der Waals surface area contributed by atoms with Gasteiger partial charge in [0.15, 0.2) is 0 Å². The van der Waals surface area contributed by atoms with Gasteiger partial charge in [-0.1, -0.05) is 35.2 Å². The van der Waals surface area contributed by atoms with Crippen LogP contribution in [0.4, 0.5) is 15.8 Å². The van der Waals surface area contributed by atoms with E-state index in [2.05, 4.69) is 5.32 Å². The molecule has 3 atom stereocenters. The number of fused-ring (bicyclic) bond motifs is 2. The van der Waals surface area contributed by atoms with Crippen LogP contribution >= 0.6 is 23.1 Å². The number of hydrogen-bond acceptors (Lipinski definition) is 9. The van der Waals surface area contributed by atoms with Crippen molar-refractivity contribution in [1.29, 1.82) is 0 Å². The lowest BCUT2D eigenvalue weighted by molar-refractivity contribution is -0.122. The molecule has 0 radical (unpaired) electrons. The number of hydrogen-bond donors (Lipinski definition) is 2. The topological polar surface area (TPSA) is 158 Å². The fourth-order valence-electron chi connectivity index (χ4n) is 5.34. The second-order valence-corrected chi connectivity index (χ2v) is 13.7. The minimum atomic E-state index is -3.91. The van der Waals surface area contributed by atoms with Gasteiger partial charge in [-0.05, 0) is 66.2 Å². The van der Waals surface area contributed by atoms with Crippen molar-refractivity contribution in [2.24, 2.45) is 11.1 Å². The molecule has 0 bridgehead atoms. The molecule has 3 N–H and O–H groups in total. The van der Waals surface area contributed by atoms with E-state index in [1.165, 1.54) is 60.2 Å². The number of nitrogens with one attached hydrogen (secondary N) is 1. The maximum Gasteiger partial charge on any atom is 0.308 e. The summed E-state index contributed by atoms with van der Waals surface area (Å²) in [5.41, 5.74) is 1.20. The number of aromatic nitrogens is 1. The Kier molecular flexibility index (Phi) is 7.65.